The van der Waals surface area contributed by atoms with Crippen molar-refractivity contribution in [2.24, 2.45) is 0 Å². The van der Waals surface area contributed by atoms with E-state index in [-0.39, 0.29) is 6.04 Å². The zero-order valence-electron chi connectivity index (χ0n) is 14.7. The third-order valence-electron chi connectivity index (χ3n) is 4.30. The van der Waals surface area contributed by atoms with Crippen molar-refractivity contribution in [2.75, 3.05) is 20.6 Å². The van der Waals surface area contributed by atoms with E-state index in [1.54, 1.807) is 6.26 Å². The van der Waals surface area contributed by atoms with Gasteiger partial charge < -0.3 is 14.3 Å². The highest BCUT2D eigenvalue weighted by Crippen LogP contribution is 2.19. The van der Waals surface area contributed by atoms with Crippen LogP contribution in [0.1, 0.15) is 31.0 Å². The van der Waals surface area contributed by atoms with Gasteiger partial charge in [-0.25, -0.2) is 4.98 Å². The van der Waals surface area contributed by atoms with Crippen LogP contribution < -0.4 is 5.32 Å². The van der Waals surface area contributed by atoms with Crippen LogP contribution in [0.5, 0.6) is 0 Å². The van der Waals surface area contributed by atoms with Crippen LogP contribution in [0.4, 0.5) is 0 Å². The van der Waals surface area contributed by atoms with Crippen molar-refractivity contribution in [1.29, 1.82) is 0 Å². The minimum atomic E-state index is 0.212. The molecule has 0 aliphatic carbocycles. The summed E-state index contributed by atoms with van der Waals surface area (Å²) in [5.74, 6) is 2.07. The van der Waals surface area contributed by atoms with Crippen molar-refractivity contribution in [3.63, 3.8) is 0 Å². The monoisotopic (exact) mass is 326 g/mol. The Morgan fingerprint density at radius 3 is 2.75 bits per heavy atom. The number of para-hydroxylation sites is 2. The summed E-state index contributed by atoms with van der Waals surface area (Å²) in [6.07, 6.45) is 2.83. The molecule has 0 spiro atoms. The van der Waals surface area contributed by atoms with Gasteiger partial charge >= 0.3 is 0 Å². The van der Waals surface area contributed by atoms with Gasteiger partial charge in [-0.2, -0.15) is 0 Å². The molecular formula is C19H26N4O. The predicted molar refractivity (Wildman–Crippen MR) is 96.9 cm³/mol. The summed E-state index contributed by atoms with van der Waals surface area (Å²) in [5, 5.41) is 3.55. The molecule has 0 radical (unpaired) electrons. The van der Waals surface area contributed by atoms with Gasteiger partial charge in [0.1, 0.15) is 11.6 Å². The predicted octanol–water partition coefficient (Wildman–Crippen LogP) is 3.43. The maximum atomic E-state index is 5.57. The van der Waals surface area contributed by atoms with Crippen molar-refractivity contribution in [3.8, 4) is 0 Å². The fraction of sp³-hybridized carbons (Fsp3) is 0.421. The molecule has 128 valence electrons. The molecule has 0 bridgehead atoms. The first-order valence-electron chi connectivity index (χ1n) is 8.55. The van der Waals surface area contributed by atoms with Crippen molar-refractivity contribution >= 4 is 11.0 Å². The number of nitrogens with zero attached hydrogens (tertiary/aromatic N) is 3. The minimum Gasteiger partial charge on any atom is -0.468 e. The van der Waals surface area contributed by atoms with E-state index in [9.17, 15) is 0 Å². The van der Waals surface area contributed by atoms with E-state index in [1.807, 2.05) is 18.2 Å². The van der Waals surface area contributed by atoms with Gasteiger partial charge in [-0.05, 0) is 44.8 Å². The number of benzene rings is 1. The molecule has 3 aromatic rings. The number of likely N-dealkylation sites (N-methyl/N-ethyl adjacent to an activating group) is 1. The molecule has 0 saturated heterocycles. The lowest BCUT2D eigenvalue weighted by molar-refractivity contribution is 0.249. The summed E-state index contributed by atoms with van der Waals surface area (Å²) < 4.78 is 7.89. The van der Waals surface area contributed by atoms with E-state index in [4.69, 9.17) is 9.40 Å². The van der Waals surface area contributed by atoms with Crippen LogP contribution in [0.3, 0.4) is 0 Å². The minimum absolute atomic E-state index is 0.212. The SMILES string of the molecule is CCCn1c(CNCC(c2ccco2)N(C)C)nc2ccccc21. The molecule has 5 nitrogen and oxygen atoms in total. The lowest BCUT2D eigenvalue weighted by atomic mass is 10.2. The summed E-state index contributed by atoms with van der Waals surface area (Å²) in [7, 11) is 4.14. The first kappa shape index (κ1) is 16.7. The second-order valence-corrected chi connectivity index (χ2v) is 6.29. The molecule has 5 heteroatoms. The molecule has 0 fully saturated rings. The van der Waals surface area contributed by atoms with Crippen LogP contribution >= 0.6 is 0 Å². The molecule has 1 N–H and O–H groups in total. The van der Waals surface area contributed by atoms with E-state index in [1.165, 1.54) is 5.52 Å². The van der Waals surface area contributed by atoms with Gasteiger partial charge in [0.05, 0.1) is 29.9 Å². The number of nitrogens with one attached hydrogen (secondary N) is 1. The number of furan rings is 1. The Bertz CT molecular complexity index is 761. The van der Waals surface area contributed by atoms with Gasteiger partial charge in [0.2, 0.25) is 0 Å². The second-order valence-electron chi connectivity index (χ2n) is 6.29. The maximum Gasteiger partial charge on any atom is 0.123 e. The van der Waals surface area contributed by atoms with Gasteiger partial charge in [-0.1, -0.05) is 19.1 Å². The molecule has 1 atom stereocenters. The average molecular weight is 326 g/mol. The number of fused-ring (bicyclic) bond motifs is 1. The van der Waals surface area contributed by atoms with E-state index >= 15 is 0 Å². The summed E-state index contributed by atoms with van der Waals surface area (Å²) in [5.41, 5.74) is 2.28. The van der Waals surface area contributed by atoms with Crippen LogP contribution in [0.2, 0.25) is 0 Å². The molecule has 2 aromatic heterocycles. The quantitative estimate of drug-likeness (QED) is 0.689. The number of hydrogen-bond donors (Lipinski definition) is 1. The van der Waals surface area contributed by atoms with E-state index in [0.717, 1.165) is 43.2 Å². The molecule has 2 heterocycles. The normalized spacial score (nSPS) is 13.0. The molecule has 0 aliphatic rings. The van der Waals surface area contributed by atoms with E-state index < -0.39 is 0 Å². The van der Waals surface area contributed by atoms with Gasteiger partial charge in [0.25, 0.3) is 0 Å². The number of aromatic nitrogens is 2. The standard InChI is InChI=1S/C19H26N4O/c1-4-11-23-16-9-6-5-8-15(16)21-19(23)14-20-13-17(22(2)3)18-10-7-12-24-18/h5-10,12,17,20H,4,11,13-14H2,1-3H3. The van der Waals surface area contributed by atoms with Gasteiger partial charge in [-0.3, -0.25) is 4.90 Å². The molecule has 1 unspecified atom stereocenters. The zero-order valence-corrected chi connectivity index (χ0v) is 14.7. The second kappa shape index (κ2) is 7.64. The van der Waals surface area contributed by atoms with Crippen molar-refractivity contribution in [3.05, 3.63) is 54.2 Å². The first-order valence-corrected chi connectivity index (χ1v) is 8.55. The smallest absolute Gasteiger partial charge is 0.123 e. The van der Waals surface area contributed by atoms with Crippen LogP contribution in [0.25, 0.3) is 11.0 Å². The highest BCUT2D eigenvalue weighted by Gasteiger charge is 2.17. The van der Waals surface area contributed by atoms with Gasteiger partial charge in [-0.15, -0.1) is 0 Å². The Hall–Kier alpha value is -2.11. The highest BCUT2D eigenvalue weighted by atomic mass is 16.3. The van der Waals surface area contributed by atoms with E-state index in [0.29, 0.717) is 0 Å². The van der Waals surface area contributed by atoms with Crippen molar-refractivity contribution in [1.82, 2.24) is 19.8 Å². The summed E-state index contributed by atoms with van der Waals surface area (Å²) in [4.78, 5) is 6.97. The molecule has 1 aromatic carbocycles. The summed E-state index contributed by atoms with van der Waals surface area (Å²) in [6, 6.07) is 12.5. The zero-order chi connectivity index (χ0) is 16.9. The largest absolute Gasteiger partial charge is 0.468 e. The van der Waals surface area contributed by atoms with Crippen molar-refractivity contribution in [2.45, 2.75) is 32.5 Å². The molecule has 0 saturated carbocycles. The number of hydrogen-bond acceptors (Lipinski definition) is 4. The van der Waals surface area contributed by atoms with Gasteiger partial charge in [0.15, 0.2) is 0 Å². The first-order chi connectivity index (χ1) is 11.7. The Morgan fingerprint density at radius 2 is 2.04 bits per heavy atom. The third kappa shape index (κ3) is 3.52. The molecule has 3 rings (SSSR count). The third-order valence-corrected chi connectivity index (χ3v) is 4.30. The summed E-state index contributed by atoms with van der Waals surface area (Å²) >= 11 is 0. The van der Waals surface area contributed by atoms with Crippen LogP contribution in [-0.2, 0) is 13.1 Å². The van der Waals surface area contributed by atoms with Crippen LogP contribution in [0, 0.1) is 0 Å². The highest BCUT2D eigenvalue weighted by molar-refractivity contribution is 5.75. The number of rotatable bonds is 8. The van der Waals surface area contributed by atoms with E-state index in [2.05, 4.69) is 54.0 Å². The molecule has 0 aliphatic heterocycles. The fourth-order valence-electron chi connectivity index (χ4n) is 3.07. The van der Waals surface area contributed by atoms with Crippen LogP contribution in [0.15, 0.2) is 47.1 Å². The Balaban J connectivity index is 1.72. The maximum absolute atomic E-state index is 5.57. The number of aryl methyl sites for hydroxylation is 1. The lowest BCUT2D eigenvalue weighted by Gasteiger charge is -2.22. The van der Waals surface area contributed by atoms with Crippen LogP contribution in [-0.4, -0.2) is 35.1 Å². The lowest BCUT2D eigenvalue weighted by Crippen LogP contribution is -2.31. The topological polar surface area (TPSA) is 46.2 Å². The molecular weight excluding hydrogens is 300 g/mol. The van der Waals surface area contributed by atoms with Gasteiger partial charge in [0, 0.05) is 13.1 Å². The molecule has 0 amide bonds. The average Bonchev–Trinajstić information content (AvgIpc) is 3.20. The Kier molecular flexibility index (Phi) is 5.33. The molecule has 24 heavy (non-hydrogen) atoms. The van der Waals surface area contributed by atoms with Crippen molar-refractivity contribution < 1.29 is 4.42 Å². The fourth-order valence-corrected chi connectivity index (χ4v) is 3.07. The Labute approximate surface area is 143 Å². The summed E-state index contributed by atoms with van der Waals surface area (Å²) in [6.45, 7) is 4.76. The Morgan fingerprint density at radius 1 is 1.21 bits per heavy atom. The number of imidazole rings is 1.